The molecule has 0 spiro atoms. The molecule has 2 aromatic carbocycles. The Bertz CT molecular complexity index is 529. The Morgan fingerprint density at radius 2 is 1.64 bits per heavy atom. The highest BCUT2D eigenvalue weighted by molar-refractivity contribution is 7.94. The molecular formula is C17H26N2O2S. The van der Waals surface area contributed by atoms with E-state index < -0.39 is 0 Å². The second kappa shape index (κ2) is 14.5. The van der Waals surface area contributed by atoms with Crippen molar-refractivity contribution in [1.29, 1.82) is 0 Å². The van der Waals surface area contributed by atoms with Crippen LogP contribution in [0.4, 0.5) is 5.69 Å². The summed E-state index contributed by atoms with van der Waals surface area (Å²) in [6, 6.07) is 14.3. The minimum Gasteiger partial charge on any atom is -0.228 e. The lowest BCUT2D eigenvalue weighted by Crippen LogP contribution is -1.75. The predicted octanol–water partition coefficient (Wildman–Crippen LogP) is 6.20. The monoisotopic (exact) mass is 322 g/mol. The van der Waals surface area contributed by atoms with Gasteiger partial charge in [0.2, 0.25) is 0 Å². The predicted molar refractivity (Wildman–Crippen MR) is 96.6 cm³/mol. The third kappa shape index (κ3) is 9.50. The molecule has 0 atom stereocenters. The first-order valence-corrected chi connectivity index (χ1v) is 8.25. The summed E-state index contributed by atoms with van der Waals surface area (Å²) in [5.74, 6) is 0.924. The zero-order chi connectivity index (χ0) is 16.6. The SMILES string of the molecule is CCC.CCSOOC.CN=Nc1ccc2ccccc2c1. The topological polar surface area (TPSA) is 43.2 Å². The molecule has 0 N–H and O–H groups in total. The molecule has 0 aliphatic rings. The molecule has 122 valence electrons. The maximum atomic E-state index is 4.40. The second-order valence-corrected chi connectivity index (χ2v) is 5.13. The molecule has 0 saturated heterocycles. The Labute approximate surface area is 138 Å². The summed E-state index contributed by atoms with van der Waals surface area (Å²) < 4.78 is 4.40. The molecule has 0 aromatic heterocycles. The fourth-order valence-corrected chi connectivity index (χ4v) is 1.64. The van der Waals surface area contributed by atoms with Crippen LogP contribution in [0.5, 0.6) is 0 Å². The highest BCUT2D eigenvalue weighted by atomic mass is 32.2. The molecular weight excluding hydrogens is 296 g/mol. The van der Waals surface area contributed by atoms with Crippen LogP contribution in [0.3, 0.4) is 0 Å². The highest BCUT2D eigenvalue weighted by Gasteiger charge is 1.92. The largest absolute Gasteiger partial charge is 0.228 e. The van der Waals surface area contributed by atoms with Crippen molar-refractivity contribution in [2.75, 3.05) is 19.9 Å². The molecule has 22 heavy (non-hydrogen) atoms. The minimum absolute atomic E-state index is 0.904. The molecule has 0 amide bonds. The van der Waals surface area contributed by atoms with Gasteiger partial charge in [-0.1, -0.05) is 57.5 Å². The number of rotatable bonds is 4. The Balaban J connectivity index is 0.000000414. The summed E-state index contributed by atoms with van der Waals surface area (Å²) in [5.41, 5.74) is 0.904. The molecule has 5 heteroatoms. The van der Waals surface area contributed by atoms with Gasteiger partial charge in [-0.3, -0.25) is 0 Å². The zero-order valence-corrected chi connectivity index (χ0v) is 14.9. The number of hydrogen-bond acceptors (Lipinski definition) is 5. The molecule has 0 heterocycles. The maximum absolute atomic E-state index is 4.40. The Hall–Kier alpha value is -1.43. The van der Waals surface area contributed by atoms with Crippen LogP contribution in [0.2, 0.25) is 0 Å². The van der Waals surface area contributed by atoms with Crippen molar-refractivity contribution in [2.45, 2.75) is 27.2 Å². The van der Waals surface area contributed by atoms with Crippen molar-refractivity contribution in [3.63, 3.8) is 0 Å². The lowest BCUT2D eigenvalue weighted by Gasteiger charge is -1.97. The van der Waals surface area contributed by atoms with E-state index in [2.05, 4.69) is 51.5 Å². The van der Waals surface area contributed by atoms with Crippen LogP contribution < -0.4 is 0 Å². The van der Waals surface area contributed by atoms with E-state index in [0.717, 1.165) is 11.4 Å². The van der Waals surface area contributed by atoms with Crippen molar-refractivity contribution < 1.29 is 9.22 Å². The van der Waals surface area contributed by atoms with Crippen LogP contribution in [0, 0.1) is 0 Å². The summed E-state index contributed by atoms with van der Waals surface area (Å²) in [6.07, 6.45) is 1.25. The summed E-state index contributed by atoms with van der Waals surface area (Å²) in [4.78, 5) is 4.25. The normalized spacial score (nSPS) is 9.86. The van der Waals surface area contributed by atoms with Crippen molar-refractivity contribution in [1.82, 2.24) is 0 Å². The van der Waals surface area contributed by atoms with Gasteiger partial charge in [0.15, 0.2) is 0 Å². The second-order valence-electron chi connectivity index (χ2n) is 4.18. The fourth-order valence-electron chi connectivity index (χ4n) is 1.45. The Kier molecular flexibility index (Phi) is 13.6. The first kappa shape index (κ1) is 20.6. The first-order valence-electron chi connectivity index (χ1n) is 7.34. The number of benzene rings is 2. The van der Waals surface area contributed by atoms with Crippen molar-refractivity contribution >= 4 is 28.5 Å². The molecule has 0 fully saturated rings. The van der Waals surface area contributed by atoms with Gasteiger partial charge in [0, 0.05) is 24.8 Å². The van der Waals surface area contributed by atoms with Crippen LogP contribution >= 0.6 is 12.0 Å². The van der Waals surface area contributed by atoms with Crippen molar-refractivity contribution in [3.8, 4) is 0 Å². The highest BCUT2D eigenvalue weighted by Crippen LogP contribution is 2.20. The van der Waals surface area contributed by atoms with Crippen LogP contribution in [0.1, 0.15) is 27.2 Å². The number of azo groups is 1. The minimum atomic E-state index is 0.904. The molecule has 0 aliphatic heterocycles. The van der Waals surface area contributed by atoms with E-state index in [-0.39, 0.29) is 0 Å². The smallest absolute Gasteiger partial charge is 0.0858 e. The van der Waals surface area contributed by atoms with Gasteiger partial charge in [-0.05, 0) is 22.9 Å². The van der Waals surface area contributed by atoms with E-state index >= 15 is 0 Å². The standard InChI is InChI=1S/C11H10N2.C3H8O2S.C3H8/c1-12-13-11-7-6-9-4-2-3-5-10(9)8-11;1-3-6-5-4-2;1-3-2/h2-8H,1H3;3H2,1-2H3;3H2,1-2H3. The lowest BCUT2D eigenvalue weighted by molar-refractivity contribution is -0.160. The molecule has 2 rings (SSSR count). The molecule has 0 radical (unpaired) electrons. The molecule has 4 nitrogen and oxygen atoms in total. The lowest BCUT2D eigenvalue weighted by atomic mass is 10.1. The number of nitrogens with zero attached hydrogens (tertiary/aromatic N) is 2. The van der Waals surface area contributed by atoms with Crippen molar-refractivity contribution in [3.05, 3.63) is 42.5 Å². The van der Waals surface area contributed by atoms with Gasteiger partial charge in [-0.25, -0.2) is 4.89 Å². The van der Waals surface area contributed by atoms with Crippen LogP contribution in [-0.2, 0) is 9.22 Å². The van der Waals surface area contributed by atoms with Gasteiger partial charge < -0.3 is 0 Å². The molecule has 0 aliphatic carbocycles. The van der Waals surface area contributed by atoms with E-state index in [9.17, 15) is 0 Å². The third-order valence-corrected chi connectivity index (χ3v) is 2.65. The molecule has 0 saturated carbocycles. The maximum Gasteiger partial charge on any atom is 0.0858 e. The molecule has 2 aromatic rings. The fraction of sp³-hybridized carbons (Fsp3) is 0.412. The first-order chi connectivity index (χ1) is 10.7. The van der Waals surface area contributed by atoms with Gasteiger partial charge in [0.25, 0.3) is 0 Å². The van der Waals surface area contributed by atoms with Gasteiger partial charge >= 0.3 is 0 Å². The quantitative estimate of drug-likeness (QED) is 0.221. The third-order valence-electron chi connectivity index (χ3n) is 2.18. The van der Waals surface area contributed by atoms with E-state index in [4.69, 9.17) is 0 Å². The summed E-state index contributed by atoms with van der Waals surface area (Å²) >= 11 is 1.29. The molecule has 0 bridgehead atoms. The Morgan fingerprint density at radius 1 is 1.00 bits per heavy atom. The Morgan fingerprint density at radius 3 is 2.14 bits per heavy atom. The average molecular weight is 322 g/mol. The van der Waals surface area contributed by atoms with E-state index in [1.54, 1.807) is 7.05 Å². The van der Waals surface area contributed by atoms with E-state index in [1.165, 1.54) is 36.3 Å². The number of fused-ring (bicyclic) bond motifs is 1. The van der Waals surface area contributed by atoms with Gasteiger partial charge in [0.05, 0.1) is 12.8 Å². The van der Waals surface area contributed by atoms with Gasteiger partial charge in [0.1, 0.15) is 0 Å². The van der Waals surface area contributed by atoms with Gasteiger partial charge in [-0.15, -0.1) is 0 Å². The average Bonchev–Trinajstić information content (AvgIpc) is 2.54. The van der Waals surface area contributed by atoms with Crippen LogP contribution in [-0.4, -0.2) is 19.9 Å². The number of hydrogen-bond donors (Lipinski definition) is 0. The summed E-state index contributed by atoms with van der Waals surface area (Å²) in [6.45, 7) is 6.24. The summed E-state index contributed by atoms with van der Waals surface area (Å²) in [7, 11) is 3.16. The van der Waals surface area contributed by atoms with Crippen LogP contribution in [0.15, 0.2) is 52.7 Å². The van der Waals surface area contributed by atoms with Crippen molar-refractivity contribution in [2.24, 2.45) is 10.2 Å². The van der Waals surface area contributed by atoms with Crippen LogP contribution in [0.25, 0.3) is 10.8 Å². The van der Waals surface area contributed by atoms with Gasteiger partial charge in [-0.2, -0.15) is 14.6 Å². The van der Waals surface area contributed by atoms with E-state index in [1.807, 2.05) is 31.2 Å². The zero-order valence-electron chi connectivity index (χ0n) is 14.1. The van der Waals surface area contributed by atoms with E-state index in [0.29, 0.717) is 0 Å². The summed E-state index contributed by atoms with van der Waals surface area (Å²) in [5, 5.41) is 10.2. The molecule has 0 unspecified atom stereocenters.